The second kappa shape index (κ2) is 9.40. The van der Waals surface area contributed by atoms with E-state index in [1.165, 1.54) is 49.8 Å². The van der Waals surface area contributed by atoms with Gasteiger partial charge in [-0.05, 0) is 57.7 Å². The lowest BCUT2D eigenvalue weighted by molar-refractivity contribution is -0.126. The molecule has 1 aromatic rings. The van der Waals surface area contributed by atoms with Crippen LogP contribution in [0.2, 0.25) is 0 Å². The Morgan fingerprint density at radius 1 is 1.12 bits per heavy atom. The molecule has 1 aliphatic heterocycles. The zero-order valence-electron chi connectivity index (χ0n) is 16.5. The van der Waals surface area contributed by atoms with Gasteiger partial charge in [0, 0.05) is 31.4 Å². The summed E-state index contributed by atoms with van der Waals surface area (Å²) in [7, 11) is 2.07. The third-order valence-corrected chi connectivity index (χ3v) is 6.10. The molecule has 1 saturated heterocycles. The fourth-order valence-corrected chi connectivity index (χ4v) is 4.26. The van der Waals surface area contributed by atoms with Crippen molar-refractivity contribution >= 4 is 11.6 Å². The molecule has 1 N–H and O–H groups in total. The number of nitrogens with zero attached hydrogens (tertiary/aromatic N) is 2. The molecule has 4 heteroatoms. The average molecular weight is 358 g/mol. The lowest BCUT2D eigenvalue weighted by atomic mass is 9.95. The summed E-state index contributed by atoms with van der Waals surface area (Å²) in [6, 6.07) is 8.97. The summed E-state index contributed by atoms with van der Waals surface area (Å²) in [5, 5.41) is 3.27. The molecular weight excluding hydrogens is 322 g/mol. The molecule has 4 nitrogen and oxygen atoms in total. The smallest absolute Gasteiger partial charge is 0.237 e. The van der Waals surface area contributed by atoms with Crippen molar-refractivity contribution in [2.24, 2.45) is 0 Å². The van der Waals surface area contributed by atoms with E-state index in [2.05, 4.69) is 46.4 Å². The number of anilines is 1. The maximum Gasteiger partial charge on any atom is 0.237 e. The molecule has 144 valence electrons. The predicted octanol–water partition coefficient (Wildman–Crippen LogP) is 3.95. The molecule has 1 unspecified atom stereocenters. The van der Waals surface area contributed by atoms with E-state index in [1.54, 1.807) is 0 Å². The van der Waals surface area contributed by atoms with Crippen LogP contribution in [0.1, 0.15) is 63.9 Å². The highest BCUT2D eigenvalue weighted by atomic mass is 16.2. The Morgan fingerprint density at radius 2 is 1.77 bits per heavy atom. The minimum Gasteiger partial charge on any atom is -0.371 e. The molecule has 1 heterocycles. The van der Waals surface area contributed by atoms with Gasteiger partial charge < -0.3 is 10.2 Å². The summed E-state index contributed by atoms with van der Waals surface area (Å²) in [4.78, 5) is 17.4. The standard InChI is InChI=1S/C22H35N3O/c1-18(22(26)23-20-12-5-3-6-13-20)24(2)17-19-11-7-8-14-21(19)25-15-9-4-10-16-25/h7-8,11,14,18,20H,3-6,9-10,12-13,15-17H2,1-2H3,(H,23,26). The van der Waals surface area contributed by atoms with Crippen molar-refractivity contribution in [3.8, 4) is 0 Å². The number of carbonyl (C=O) groups is 1. The minimum absolute atomic E-state index is 0.105. The molecule has 0 spiro atoms. The normalized spacial score (nSPS) is 20.2. The van der Waals surface area contributed by atoms with Crippen molar-refractivity contribution in [1.82, 2.24) is 10.2 Å². The number of benzene rings is 1. The molecule has 1 atom stereocenters. The highest BCUT2D eigenvalue weighted by Crippen LogP contribution is 2.25. The molecule has 3 rings (SSSR count). The maximum atomic E-state index is 12.7. The van der Waals surface area contributed by atoms with Crippen molar-refractivity contribution in [1.29, 1.82) is 0 Å². The van der Waals surface area contributed by atoms with Crippen LogP contribution in [0.25, 0.3) is 0 Å². The molecular formula is C22H35N3O. The van der Waals surface area contributed by atoms with Crippen LogP contribution in [0, 0.1) is 0 Å². The predicted molar refractivity (Wildman–Crippen MR) is 108 cm³/mol. The van der Waals surface area contributed by atoms with E-state index in [9.17, 15) is 4.79 Å². The highest BCUT2D eigenvalue weighted by Gasteiger charge is 2.23. The molecule has 1 amide bonds. The van der Waals surface area contributed by atoms with E-state index >= 15 is 0 Å². The van der Waals surface area contributed by atoms with E-state index in [1.807, 2.05) is 6.92 Å². The van der Waals surface area contributed by atoms with Gasteiger partial charge >= 0.3 is 0 Å². The zero-order chi connectivity index (χ0) is 18.4. The number of piperidine rings is 1. The summed E-state index contributed by atoms with van der Waals surface area (Å²) in [6.45, 7) is 5.14. The van der Waals surface area contributed by atoms with E-state index in [0.717, 1.165) is 32.5 Å². The summed E-state index contributed by atoms with van der Waals surface area (Å²) in [5.74, 6) is 0.176. The fraction of sp³-hybridized carbons (Fsp3) is 0.682. The van der Waals surface area contributed by atoms with E-state index < -0.39 is 0 Å². The molecule has 0 aromatic heterocycles. The summed E-state index contributed by atoms with van der Waals surface area (Å²) in [6.07, 6.45) is 10.00. The van der Waals surface area contributed by atoms with Gasteiger partial charge in [0.15, 0.2) is 0 Å². The van der Waals surface area contributed by atoms with Crippen LogP contribution in [-0.4, -0.2) is 43.0 Å². The molecule has 1 saturated carbocycles. The molecule has 2 aliphatic rings. The van der Waals surface area contributed by atoms with Crippen LogP contribution in [-0.2, 0) is 11.3 Å². The molecule has 0 bridgehead atoms. The quantitative estimate of drug-likeness (QED) is 0.837. The molecule has 26 heavy (non-hydrogen) atoms. The molecule has 2 fully saturated rings. The van der Waals surface area contributed by atoms with E-state index in [4.69, 9.17) is 0 Å². The summed E-state index contributed by atoms with van der Waals surface area (Å²) >= 11 is 0. The average Bonchev–Trinajstić information content (AvgIpc) is 2.69. The second-order valence-electron chi connectivity index (χ2n) is 8.11. The molecule has 1 aromatic carbocycles. The zero-order valence-corrected chi connectivity index (χ0v) is 16.5. The Bertz CT molecular complexity index is 577. The Labute approximate surface area is 158 Å². The fourth-order valence-electron chi connectivity index (χ4n) is 4.26. The van der Waals surface area contributed by atoms with Gasteiger partial charge in [-0.3, -0.25) is 9.69 Å². The van der Waals surface area contributed by atoms with Crippen molar-refractivity contribution in [3.63, 3.8) is 0 Å². The number of carbonyl (C=O) groups excluding carboxylic acids is 1. The Kier molecular flexibility index (Phi) is 6.95. The van der Waals surface area contributed by atoms with Crippen molar-refractivity contribution in [3.05, 3.63) is 29.8 Å². The van der Waals surface area contributed by atoms with Gasteiger partial charge in [0.05, 0.1) is 6.04 Å². The van der Waals surface area contributed by atoms with Crippen LogP contribution >= 0.6 is 0 Å². The Balaban J connectivity index is 1.59. The number of rotatable bonds is 6. The second-order valence-corrected chi connectivity index (χ2v) is 8.11. The van der Waals surface area contributed by atoms with Crippen LogP contribution < -0.4 is 10.2 Å². The Hall–Kier alpha value is -1.55. The number of nitrogens with one attached hydrogen (secondary N) is 1. The topological polar surface area (TPSA) is 35.6 Å². The maximum absolute atomic E-state index is 12.7. The lowest BCUT2D eigenvalue weighted by Crippen LogP contribution is -2.47. The van der Waals surface area contributed by atoms with Gasteiger partial charge in [-0.25, -0.2) is 0 Å². The first-order chi connectivity index (χ1) is 12.6. The van der Waals surface area contributed by atoms with Crippen molar-refractivity contribution < 1.29 is 4.79 Å². The monoisotopic (exact) mass is 357 g/mol. The van der Waals surface area contributed by atoms with Gasteiger partial charge in [-0.2, -0.15) is 0 Å². The molecule has 0 radical (unpaired) electrons. The number of hydrogen-bond acceptors (Lipinski definition) is 3. The SMILES string of the molecule is CC(C(=O)NC1CCCCC1)N(C)Cc1ccccc1N1CCCCC1. The number of hydrogen-bond donors (Lipinski definition) is 1. The van der Waals surface area contributed by atoms with Crippen LogP contribution in [0.15, 0.2) is 24.3 Å². The lowest BCUT2D eigenvalue weighted by Gasteiger charge is -2.33. The van der Waals surface area contributed by atoms with Crippen molar-refractivity contribution in [2.45, 2.75) is 76.9 Å². The van der Waals surface area contributed by atoms with E-state index in [0.29, 0.717) is 6.04 Å². The number of likely N-dealkylation sites (N-methyl/N-ethyl adjacent to an activating group) is 1. The third-order valence-electron chi connectivity index (χ3n) is 6.10. The largest absolute Gasteiger partial charge is 0.371 e. The number of para-hydroxylation sites is 1. The third kappa shape index (κ3) is 5.00. The van der Waals surface area contributed by atoms with Gasteiger partial charge in [0.2, 0.25) is 5.91 Å². The number of amides is 1. The Morgan fingerprint density at radius 3 is 2.50 bits per heavy atom. The van der Waals surface area contributed by atoms with Crippen LogP contribution in [0.5, 0.6) is 0 Å². The van der Waals surface area contributed by atoms with Gasteiger partial charge in [0.25, 0.3) is 0 Å². The van der Waals surface area contributed by atoms with Gasteiger partial charge in [-0.15, -0.1) is 0 Å². The van der Waals surface area contributed by atoms with Gasteiger partial charge in [0.1, 0.15) is 0 Å². The molecule has 1 aliphatic carbocycles. The first-order valence-corrected chi connectivity index (χ1v) is 10.5. The summed E-state index contributed by atoms with van der Waals surface area (Å²) < 4.78 is 0. The highest BCUT2D eigenvalue weighted by molar-refractivity contribution is 5.81. The first-order valence-electron chi connectivity index (χ1n) is 10.5. The van der Waals surface area contributed by atoms with Crippen LogP contribution in [0.3, 0.4) is 0 Å². The van der Waals surface area contributed by atoms with Crippen LogP contribution in [0.4, 0.5) is 5.69 Å². The first kappa shape index (κ1) is 19.2. The minimum atomic E-state index is -0.105. The van der Waals surface area contributed by atoms with Gasteiger partial charge in [-0.1, -0.05) is 37.5 Å². The van der Waals surface area contributed by atoms with Crippen molar-refractivity contribution in [2.75, 3.05) is 25.0 Å². The van der Waals surface area contributed by atoms with E-state index in [-0.39, 0.29) is 11.9 Å². The summed E-state index contributed by atoms with van der Waals surface area (Å²) in [5.41, 5.74) is 2.67.